The third-order valence-corrected chi connectivity index (χ3v) is 9.53. The Morgan fingerprint density at radius 1 is 1.16 bits per heavy atom. The van der Waals surface area contributed by atoms with Crippen molar-refractivity contribution < 1.29 is 27.1 Å². The van der Waals surface area contributed by atoms with Gasteiger partial charge in [-0.05, 0) is 50.9 Å². The summed E-state index contributed by atoms with van der Waals surface area (Å²) < 4.78 is 62.2. The average Bonchev–Trinajstić information content (AvgIpc) is 3.76. The molecule has 2 aromatic rings. The van der Waals surface area contributed by atoms with Crippen molar-refractivity contribution in [2.75, 3.05) is 62.2 Å². The van der Waals surface area contributed by atoms with Crippen molar-refractivity contribution in [3.63, 3.8) is 0 Å². The summed E-state index contributed by atoms with van der Waals surface area (Å²) in [7, 11) is 0. The average molecular weight is 648 g/mol. The van der Waals surface area contributed by atoms with Gasteiger partial charge in [-0.2, -0.15) is 28.4 Å². The number of ether oxygens (including phenoxy) is 1. The summed E-state index contributed by atoms with van der Waals surface area (Å²) >= 11 is 6.04. The van der Waals surface area contributed by atoms with Gasteiger partial charge in [-0.15, -0.1) is 0 Å². The minimum absolute atomic E-state index is 0.0199. The van der Waals surface area contributed by atoms with E-state index < -0.39 is 29.5 Å². The molecule has 0 radical (unpaired) electrons. The zero-order valence-corrected chi connectivity index (χ0v) is 25.5. The summed E-state index contributed by atoms with van der Waals surface area (Å²) in [5, 5.41) is 9.08. The lowest BCUT2D eigenvalue weighted by molar-refractivity contribution is -0.137. The topological polar surface area (TPSA) is 88.8 Å². The number of carbonyl (C=O) groups is 1. The van der Waals surface area contributed by atoms with E-state index in [1.165, 1.54) is 29.5 Å². The summed E-state index contributed by atoms with van der Waals surface area (Å²) in [6.07, 6.45) is -1.05. The zero-order valence-electron chi connectivity index (χ0n) is 24.8. The molecule has 1 aliphatic carbocycles. The second-order valence-corrected chi connectivity index (χ2v) is 12.7. The first-order valence-electron chi connectivity index (χ1n) is 15.1. The smallest absolute Gasteiger partial charge is 0.419 e. The van der Waals surface area contributed by atoms with E-state index in [1.807, 2.05) is 4.90 Å². The second kappa shape index (κ2) is 12.3. The molecule has 1 aromatic carbocycles. The number of benzene rings is 1. The standard InChI is InChI=1S/C31H34ClF4N7O2/c1-20(33)28(44)43-15-14-42(16-21(43)6-10-37)27-22-7-13-41(25-5-2-4-23(32)26(25)31(34,35)36)17-24(22)38-29(39-27)45-19-30(8-9-30)18-40-11-3-12-40/h2,4-5,21H,1,3,6-9,11-19H2/t21-/m0/s1. The Labute approximate surface area is 264 Å². The van der Waals surface area contributed by atoms with E-state index in [0.29, 0.717) is 31.1 Å². The van der Waals surface area contributed by atoms with Crippen molar-refractivity contribution in [2.24, 2.45) is 5.41 Å². The molecular formula is C31H34ClF4N7O2. The van der Waals surface area contributed by atoms with E-state index in [9.17, 15) is 27.6 Å². The van der Waals surface area contributed by atoms with Crippen LogP contribution in [0.4, 0.5) is 29.1 Å². The van der Waals surface area contributed by atoms with E-state index in [1.54, 1.807) is 4.90 Å². The molecule has 0 bridgehead atoms. The van der Waals surface area contributed by atoms with Crippen LogP contribution >= 0.6 is 11.6 Å². The van der Waals surface area contributed by atoms with Gasteiger partial charge in [0.1, 0.15) is 5.82 Å². The maximum Gasteiger partial charge on any atom is 0.419 e. The number of nitrogens with zero attached hydrogens (tertiary/aromatic N) is 7. The van der Waals surface area contributed by atoms with Crippen molar-refractivity contribution in [3.8, 4) is 12.1 Å². The predicted molar refractivity (Wildman–Crippen MR) is 160 cm³/mol. The lowest BCUT2D eigenvalue weighted by Crippen LogP contribution is -2.55. The molecule has 0 unspecified atom stereocenters. The zero-order chi connectivity index (χ0) is 31.9. The van der Waals surface area contributed by atoms with Gasteiger partial charge in [-0.25, -0.2) is 4.39 Å². The normalized spacial score (nSPS) is 21.1. The SMILES string of the molecule is C=C(F)C(=O)N1CCN(c2nc(OCC3(CN4CCC4)CC3)nc3c2CCN(c2cccc(Cl)c2C(F)(F)F)C3)C[C@@H]1CC#N. The summed E-state index contributed by atoms with van der Waals surface area (Å²) in [6, 6.07) is 5.74. The molecule has 3 fully saturated rings. The molecule has 45 heavy (non-hydrogen) atoms. The van der Waals surface area contributed by atoms with Gasteiger partial charge in [0.15, 0.2) is 5.83 Å². The number of anilines is 2. The molecule has 0 spiro atoms. The van der Waals surface area contributed by atoms with Crippen LogP contribution in [0, 0.1) is 16.7 Å². The van der Waals surface area contributed by atoms with Crippen molar-refractivity contribution in [1.82, 2.24) is 19.8 Å². The number of amides is 1. The lowest BCUT2D eigenvalue weighted by atomic mass is 10.0. The van der Waals surface area contributed by atoms with Gasteiger partial charge in [0.05, 0.1) is 53.7 Å². The summed E-state index contributed by atoms with van der Waals surface area (Å²) in [4.78, 5) is 29.3. The van der Waals surface area contributed by atoms with Crippen LogP contribution in [0.25, 0.3) is 0 Å². The first-order valence-corrected chi connectivity index (χ1v) is 15.5. The van der Waals surface area contributed by atoms with Crippen molar-refractivity contribution in [1.29, 1.82) is 5.26 Å². The van der Waals surface area contributed by atoms with E-state index in [4.69, 9.17) is 26.3 Å². The Kier molecular flexibility index (Phi) is 8.56. The van der Waals surface area contributed by atoms with Gasteiger partial charge in [0.2, 0.25) is 0 Å². The molecule has 4 heterocycles. The van der Waals surface area contributed by atoms with Gasteiger partial charge in [0.25, 0.3) is 5.91 Å². The number of nitriles is 1. The van der Waals surface area contributed by atoms with Crippen molar-refractivity contribution in [3.05, 3.63) is 52.4 Å². The Balaban J connectivity index is 1.31. The summed E-state index contributed by atoms with van der Waals surface area (Å²) in [5.41, 5.74) is 0.419. The maximum atomic E-state index is 14.1. The van der Waals surface area contributed by atoms with Crippen LogP contribution in [0.5, 0.6) is 6.01 Å². The quantitative estimate of drug-likeness (QED) is 0.278. The molecular weight excluding hydrogens is 614 g/mol. The first-order chi connectivity index (χ1) is 21.5. The highest BCUT2D eigenvalue weighted by Gasteiger charge is 2.46. The molecule has 3 aliphatic heterocycles. The van der Waals surface area contributed by atoms with Gasteiger partial charge >= 0.3 is 12.2 Å². The predicted octanol–water partition coefficient (Wildman–Crippen LogP) is 4.99. The van der Waals surface area contributed by atoms with E-state index in [2.05, 4.69) is 17.5 Å². The van der Waals surface area contributed by atoms with Gasteiger partial charge < -0.3 is 24.3 Å². The van der Waals surface area contributed by atoms with Gasteiger partial charge in [-0.1, -0.05) is 24.2 Å². The molecule has 1 saturated carbocycles. The van der Waals surface area contributed by atoms with Crippen LogP contribution in [-0.2, 0) is 23.9 Å². The molecule has 1 aromatic heterocycles. The van der Waals surface area contributed by atoms with E-state index in [0.717, 1.165) is 38.0 Å². The monoisotopic (exact) mass is 647 g/mol. The number of hydrogen-bond donors (Lipinski definition) is 0. The number of alkyl halides is 3. The third kappa shape index (κ3) is 6.53. The van der Waals surface area contributed by atoms with Crippen LogP contribution in [0.3, 0.4) is 0 Å². The molecule has 1 atom stereocenters. The van der Waals surface area contributed by atoms with E-state index >= 15 is 0 Å². The number of likely N-dealkylation sites (tertiary alicyclic amines) is 1. The van der Waals surface area contributed by atoms with Gasteiger partial charge in [0, 0.05) is 43.7 Å². The van der Waals surface area contributed by atoms with E-state index in [-0.39, 0.29) is 54.7 Å². The maximum absolute atomic E-state index is 14.1. The number of halogens is 5. The van der Waals surface area contributed by atoms with Crippen LogP contribution in [0.1, 0.15) is 42.5 Å². The van der Waals surface area contributed by atoms with Crippen LogP contribution < -0.4 is 14.5 Å². The number of aromatic nitrogens is 2. The largest absolute Gasteiger partial charge is 0.463 e. The highest BCUT2D eigenvalue weighted by atomic mass is 35.5. The molecule has 9 nitrogen and oxygen atoms in total. The van der Waals surface area contributed by atoms with Crippen LogP contribution in [0.15, 0.2) is 30.6 Å². The summed E-state index contributed by atoms with van der Waals surface area (Å²) in [5.74, 6) is -1.38. The van der Waals surface area contributed by atoms with Crippen LogP contribution in [0.2, 0.25) is 5.02 Å². The fraction of sp³-hybridized carbons (Fsp3) is 0.548. The Bertz CT molecular complexity index is 1520. The second-order valence-electron chi connectivity index (χ2n) is 12.3. The fourth-order valence-corrected chi connectivity index (χ4v) is 6.76. The minimum atomic E-state index is -4.65. The molecule has 14 heteroatoms. The van der Waals surface area contributed by atoms with Crippen LogP contribution in [-0.4, -0.2) is 84.1 Å². The first kappa shape index (κ1) is 31.4. The third-order valence-electron chi connectivity index (χ3n) is 9.21. The Hall–Kier alpha value is -3.63. The highest BCUT2D eigenvalue weighted by Crippen LogP contribution is 2.47. The molecule has 4 aliphatic rings. The lowest BCUT2D eigenvalue weighted by Gasteiger charge is -2.42. The van der Waals surface area contributed by atoms with Crippen molar-refractivity contribution >= 4 is 29.0 Å². The molecule has 2 saturated heterocycles. The Morgan fingerprint density at radius 2 is 1.93 bits per heavy atom. The molecule has 6 rings (SSSR count). The minimum Gasteiger partial charge on any atom is -0.463 e. The highest BCUT2D eigenvalue weighted by molar-refractivity contribution is 6.31. The number of fused-ring (bicyclic) bond motifs is 1. The molecule has 0 N–H and O–H groups in total. The number of piperazine rings is 1. The number of rotatable bonds is 9. The molecule has 1 amide bonds. The van der Waals surface area contributed by atoms with Gasteiger partial charge in [-0.3, -0.25) is 4.79 Å². The number of carbonyl (C=O) groups excluding carboxylic acids is 1. The van der Waals surface area contributed by atoms with Crippen molar-refractivity contribution in [2.45, 2.75) is 50.9 Å². The number of hydrogen-bond acceptors (Lipinski definition) is 8. The fourth-order valence-electron chi connectivity index (χ4n) is 6.48. The summed E-state index contributed by atoms with van der Waals surface area (Å²) in [6.45, 7) is 7.64. The Morgan fingerprint density at radius 3 is 2.58 bits per heavy atom. The molecule has 240 valence electrons.